The van der Waals surface area contributed by atoms with E-state index in [0.717, 1.165) is 9.48 Å². The first-order chi connectivity index (χ1) is 14.3. The van der Waals surface area contributed by atoms with Crippen molar-refractivity contribution >= 4 is 29.4 Å². The molecule has 4 atom stereocenters. The fraction of sp³-hybridized carbons (Fsp3) is 0.389. The zero-order valence-electron chi connectivity index (χ0n) is 15.8. The standard InChI is InChI=1S/C18H19N5O7/c1-29-9-4-2-8(3-5-9)6-22-11-14(20-17(19)21-15(11)27)23(18(22)28)16-13(26)12(25)10(7-24)30-16/h2-5,10,12-13,16,24-26H,6-7H2,1H3,(H-,19,21,27)/p+1/t10-,12-,13-,16-/m1/s1. The summed E-state index contributed by atoms with van der Waals surface area (Å²) < 4.78 is 11.7. The van der Waals surface area contributed by atoms with Gasteiger partial charge < -0.3 is 24.8 Å². The number of hydrogen-bond donors (Lipinski definition) is 5. The molecule has 1 fully saturated rings. The predicted octanol–water partition coefficient (Wildman–Crippen LogP) is -2.01. The van der Waals surface area contributed by atoms with Gasteiger partial charge in [0, 0.05) is 0 Å². The van der Waals surface area contributed by atoms with Gasteiger partial charge in [-0.25, -0.2) is 0 Å². The summed E-state index contributed by atoms with van der Waals surface area (Å²) in [5, 5.41) is 39.7. The van der Waals surface area contributed by atoms with Gasteiger partial charge in [0.2, 0.25) is 12.2 Å². The highest BCUT2D eigenvalue weighted by Gasteiger charge is 2.60. The van der Waals surface area contributed by atoms with Crippen LogP contribution in [0.2, 0.25) is 0 Å². The number of urea groups is 1. The van der Waals surface area contributed by atoms with Gasteiger partial charge in [0.05, 0.1) is 13.7 Å². The van der Waals surface area contributed by atoms with Crippen molar-refractivity contribution in [3.63, 3.8) is 0 Å². The van der Waals surface area contributed by atoms with Crippen molar-refractivity contribution in [2.24, 2.45) is 4.99 Å². The lowest BCUT2D eigenvalue weighted by Crippen LogP contribution is -2.53. The molecule has 0 aliphatic carbocycles. The van der Waals surface area contributed by atoms with E-state index in [2.05, 4.69) is 10.3 Å². The summed E-state index contributed by atoms with van der Waals surface area (Å²) in [6, 6.07) is 6.13. The normalized spacial score (nSPS) is 28.6. The lowest BCUT2D eigenvalue weighted by atomic mass is 10.1. The molecule has 4 rings (SSSR count). The topological polar surface area (TPSA) is 168 Å². The average Bonchev–Trinajstić information content (AvgIpc) is 3.16. The average molecular weight is 418 g/mol. The summed E-state index contributed by atoms with van der Waals surface area (Å²) in [5.41, 5.74) is 0.581. The molecular formula is C18H20N5O7+. The van der Waals surface area contributed by atoms with E-state index in [1.165, 1.54) is 7.11 Å². The van der Waals surface area contributed by atoms with E-state index in [-0.39, 0.29) is 18.1 Å². The molecule has 0 unspecified atom stereocenters. The van der Waals surface area contributed by atoms with Gasteiger partial charge in [-0.3, -0.25) is 15.5 Å². The van der Waals surface area contributed by atoms with E-state index in [1.807, 2.05) is 0 Å². The molecule has 0 aromatic heterocycles. The molecule has 3 heterocycles. The minimum absolute atomic E-state index is 0.00321. The van der Waals surface area contributed by atoms with Gasteiger partial charge >= 0.3 is 11.9 Å². The fourth-order valence-electron chi connectivity index (χ4n) is 3.57. The Labute approximate surface area is 170 Å². The largest absolute Gasteiger partial charge is 0.503 e. The fourth-order valence-corrected chi connectivity index (χ4v) is 3.57. The molecule has 3 aliphatic rings. The van der Waals surface area contributed by atoms with Gasteiger partial charge in [-0.1, -0.05) is 12.1 Å². The molecule has 1 aromatic carbocycles. The number of aliphatic imine (C=N–C) groups is 1. The zero-order chi connectivity index (χ0) is 21.6. The molecule has 0 saturated carbocycles. The number of guanidine groups is 1. The molecule has 12 heteroatoms. The Morgan fingerprint density at radius 1 is 1.27 bits per heavy atom. The predicted molar refractivity (Wildman–Crippen MR) is 100 cm³/mol. The number of amidine groups is 1. The van der Waals surface area contributed by atoms with Crippen LogP contribution in [0.4, 0.5) is 4.79 Å². The highest BCUT2D eigenvalue weighted by molar-refractivity contribution is 6.70. The number of carbonyl (C=O) groups excluding carboxylic acids is 2. The SMILES string of the molecule is COc1ccc(C[N+]2=C3C(=O)NC(=N)N=C3N([C@@H]3O[C@H](CO)[C@@H](O)[C@H]3O)C2=O)cc1. The third kappa shape index (κ3) is 3.15. The van der Waals surface area contributed by atoms with Crippen molar-refractivity contribution in [3.8, 4) is 5.75 Å². The van der Waals surface area contributed by atoms with Crippen LogP contribution in [0.25, 0.3) is 0 Å². The van der Waals surface area contributed by atoms with Gasteiger partial charge in [0.15, 0.2) is 0 Å². The first kappa shape index (κ1) is 20.1. The summed E-state index contributed by atoms with van der Waals surface area (Å²) in [5.74, 6) is -0.730. The maximum atomic E-state index is 13.2. The smallest absolute Gasteiger partial charge is 0.497 e. The third-order valence-corrected chi connectivity index (χ3v) is 5.08. The van der Waals surface area contributed by atoms with Crippen LogP contribution < -0.4 is 10.1 Å². The number of carbonyl (C=O) groups is 2. The Kier molecular flexibility index (Phi) is 5.07. The maximum absolute atomic E-state index is 13.2. The monoisotopic (exact) mass is 418 g/mol. The molecule has 158 valence electrons. The van der Waals surface area contributed by atoms with Crippen molar-refractivity contribution in [1.82, 2.24) is 10.2 Å². The second-order valence-corrected chi connectivity index (χ2v) is 6.90. The molecule has 0 radical (unpaired) electrons. The van der Waals surface area contributed by atoms with Gasteiger partial charge in [0.25, 0.3) is 11.5 Å². The second-order valence-electron chi connectivity index (χ2n) is 6.90. The van der Waals surface area contributed by atoms with Crippen LogP contribution in [0.1, 0.15) is 5.56 Å². The Morgan fingerprint density at radius 2 is 1.97 bits per heavy atom. The maximum Gasteiger partial charge on any atom is 0.503 e. The number of rotatable bonds is 5. The van der Waals surface area contributed by atoms with E-state index in [4.69, 9.17) is 14.9 Å². The van der Waals surface area contributed by atoms with Gasteiger partial charge in [-0.2, -0.15) is 14.4 Å². The van der Waals surface area contributed by atoms with Crippen molar-refractivity contribution in [2.45, 2.75) is 31.1 Å². The lowest BCUT2D eigenvalue weighted by Gasteiger charge is -2.20. The minimum Gasteiger partial charge on any atom is -0.497 e. The summed E-state index contributed by atoms with van der Waals surface area (Å²) >= 11 is 0. The van der Waals surface area contributed by atoms with Crippen molar-refractivity contribution < 1.29 is 39.0 Å². The Balaban J connectivity index is 1.73. The highest BCUT2D eigenvalue weighted by atomic mass is 16.6. The minimum atomic E-state index is -1.55. The van der Waals surface area contributed by atoms with Crippen LogP contribution in [-0.4, -0.2) is 92.5 Å². The van der Waals surface area contributed by atoms with E-state index < -0.39 is 49.0 Å². The van der Waals surface area contributed by atoms with Gasteiger partial charge in [0.1, 0.15) is 30.6 Å². The molecule has 30 heavy (non-hydrogen) atoms. The lowest BCUT2D eigenvalue weighted by molar-refractivity contribution is -0.445. The third-order valence-electron chi connectivity index (χ3n) is 5.08. The molecule has 5 N–H and O–H groups in total. The molecule has 1 saturated heterocycles. The van der Waals surface area contributed by atoms with Crippen LogP contribution in [-0.2, 0) is 16.1 Å². The quantitative estimate of drug-likeness (QED) is 0.344. The number of hydrogen-bond acceptors (Lipinski definition) is 8. The van der Waals surface area contributed by atoms with E-state index in [1.54, 1.807) is 24.3 Å². The molecular weight excluding hydrogens is 398 g/mol. The van der Waals surface area contributed by atoms with E-state index >= 15 is 0 Å². The van der Waals surface area contributed by atoms with E-state index in [9.17, 15) is 24.9 Å². The number of ether oxygens (including phenoxy) is 2. The van der Waals surface area contributed by atoms with Crippen LogP contribution in [0.3, 0.4) is 0 Å². The summed E-state index contributed by atoms with van der Waals surface area (Å²) in [6.07, 6.45) is -5.49. The highest BCUT2D eigenvalue weighted by Crippen LogP contribution is 2.28. The number of aliphatic hydroxyl groups excluding tert-OH is 3. The first-order valence-corrected chi connectivity index (χ1v) is 9.07. The Hall–Kier alpha value is -3.19. The van der Waals surface area contributed by atoms with Crippen LogP contribution in [0.15, 0.2) is 29.3 Å². The molecule has 0 bridgehead atoms. The van der Waals surface area contributed by atoms with E-state index in [0.29, 0.717) is 11.3 Å². The number of methoxy groups -OCH3 is 1. The first-order valence-electron chi connectivity index (χ1n) is 9.07. The second kappa shape index (κ2) is 7.57. The summed E-state index contributed by atoms with van der Waals surface area (Å²) in [4.78, 5) is 30.6. The zero-order valence-corrected chi connectivity index (χ0v) is 15.8. The number of amides is 3. The van der Waals surface area contributed by atoms with Crippen LogP contribution >= 0.6 is 0 Å². The Bertz CT molecular complexity index is 974. The molecule has 3 amide bonds. The molecule has 12 nitrogen and oxygen atoms in total. The number of fused-ring (bicyclic) bond motifs is 1. The number of aliphatic hydroxyl groups is 3. The summed E-state index contributed by atoms with van der Waals surface area (Å²) in [7, 11) is 1.53. The number of benzene rings is 1. The van der Waals surface area contributed by atoms with Gasteiger partial charge in [-0.05, 0) is 17.7 Å². The number of nitrogens with one attached hydrogen (secondary N) is 2. The molecule has 0 spiro atoms. The van der Waals surface area contributed by atoms with Crippen LogP contribution in [0, 0.1) is 5.41 Å². The van der Waals surface area contributed by atoms with Crippen molar-refractivity contribution in [3.05, 3.63) is 29.8 Å². The van der Waals surface area contributed by atoms with Crippen LogP contribution in [0.5, 0.6) is 5.75 Å². The Morgan fingerprint density at radius 3 is 2.57 bits per heavy atom. The molecule has 1 aromatic rings. The van der Waals surface area contributed by atoms with Crippen molar-refractivity contribution in [1.29, 1.82) is 5.41 Å². The summed E-state index contributed by atoms with van der Waals surface area (Å²) in [6.45, 7) is -0.574. The molecule has 3 aliphatic heterocycles. The number of nitrogens with zero attached hydrogens (tertiary/aromatic N) is 3. The van der Waals surface area contributed by atoms with Gasteiger partial charge in [-0.15, -0.1) is 4.90 Å². The van der Waals surface area contributed by atoms with Crippen molar-refractivity contribution in [2.75, 3.05) is 13.7 Å².